The van der Waals surface area contributed by atoms with E-state index in [1.807, 2.05) is 68.4 Å². The summed E-state index contributed by atoms with van der Waals surface area (Å²) in [6.07, 6.45) is 0.722. The van der Waals surface area contributed by atoms with Crippen molar-refractivity contribution in [2.45, 2.75) is 32.7 Å². The van der Waals surface area contributed by atoms with Crippen molar-refractivity contribution in [3.63, 3.8) is 0 Å². The number of ether oxygens (including phenoxy) is 1. The number of nitrogens with zero attached hydrogens (tertiary/aromatic N) is 4. The number of carbonyl (C=O) groups is 1. The highest BCUT2D eigenvalue weighted by Gasteiger charge is 2.19. The van der Waals surface area contributed by atoms with Gasteiger partial charge in [0.15, 0.2) is 5.82 Å². The number of amides is 1. The molecule has 0 spiro atoms. The average Bonchev–Trinajstić information content (AvgIpc) is 3.17. The summed E-state index contributed by atoms with van der Waals surface area (Å²) in [7, 11) is 0. The lowest BCUT2D eigenvalue weighted by Crippen LogP contribution is -2.29. The van der Waals surface area contributed by atoms with Gasteiger partial charge in [-0.2, -0.15) is 4.68 Å². The Kier molecular flexibility index (Phi) is 6.14. The second-order valence-electron chi connectivity index (χ2n) is 6.02. The zero-order valence-corrected chi connectivity index (χ0v) is 15.5. The smallest absolute Gasteiger partial charge is 0.227 e. The topological polar surface area (TPSA) is 81.9 Å². The standard InChI is InChI=1S/C20H23N5O2/c1-3-18(15-8-6-5-7-9-15)20(26)21-14-19-22-23-24-25(19)16-10-12-17(13-11-16)27-4-2/h5-13,18H,3-4,14H2,1-2H3,(H,21,26). The van der Waals surface area contributed by atoms with Crippen LogP contribution < -0.4 is 10.1 Å². The molecule has 1 aromatic heterocycles. The highest BCUT2D eigenvalue weighted by molar-refractivity contribution is 5.83. The fraction of sp³-hybridized carbons (Fsp3) is 0.300. The molecule has 1 atom stereocenters. The van der Waals surface area contributed by atoms with Gasteiger partial charge in [-0.1, -0.05) is 37.3 Å². The van der Waals surface area contributed by atoms with E-state index < -0.39 is 0 Å². The van der Waals surface area contributed by atoms with Crippen LogP contribution in [0.3, 0.4) is 0 Å². The average molecular weight is 365 g/mol. The van der Waals surface area contributed by atoms with Crippen LogP contribution in [0, 0.1) is 0 Å². The summed E-state index contributed by atoms with van der Waals surface area (Å²) in [6, 6.07) is 17.3. The van der Waals surface area contributed by atoms with Crippen molar-refractivity contribution in [1.82, 2.24) is 25.5 Å². The molecule has 2 aromatic carbocycles. The highest BCUT2D eigenvalue weighted by atomic mass is 16.5. The zero-order chi connectivity index (χ0) is 19.1. The van der Waals surface area contributed by atoms with Gasteiger partial charge < -0.3 is 10.1 Å². The second kappa shape index (κ2) is 8.93. The summed E-state index contributed by atoms with van der Waals surface area (Å²) in [5, 5.41) is 14.8. The second-order valence-corrected chi connectivity index (χ2v) is 6.02. The fourth-order valence-corrected chi connectivity index (χ4v) is 2.91. The minimum absolute atomic E-state index is 0.0371. The largest absolute Gasteiger partial charge is 0.494 e. The highest BCUT2D eigenvalue weighted by Crippen LogP contribution is 2.19. The van der Waals surface area contributed by atoms with Gasteiger partial charge >= 0.3 is 0 Å². The predicted molar refractivity (Wildman–Crippen MR) is 102 cm³/mol. The Bertz CT molecular complexity index is 862. The lowest BCUT2D eigenvalue weighted by atomic mass is 9.96. The minimum atomic E-state index is -0.194. The van der Waals surface area contributed by atoms with Crippen LogP contribution >= 0.6 is 0 Å². The Labute approximate surface area is 158 Å². The van der Waals surface area contributed by atoms with Gasteiger partial charge in [-0.15, -0.1) is 5.10 Å². The normalized spacial score (nSPS) is 11.8. The van der Waals surface area contributed by atoms with Gasteiger partial charge in [0, 0.05) is 0 Å². The molecule has 0 saturated carbocycles. The molecule has 0 fully saturated rings. The molecule has 7 heteroatoms. The first-order valence-electron chi connectivity index (χ1n) is 9.06. The number of rotatable bonds is 8. The van der Waals surface area contributed by atoms with E-state index in [4.69, 9.17) is 4.74 Å². The third-order valence-corrected chi connectivity index (χ3v) is 4.27. The van der Waals surface area contributed by atoms with Crippen molar-refractivity contribution in [3.05, 3.63) is 66.0 Å². The first kappa shape index (κ1) is 18.6. The molecule has 3 aromatic rings. The molecule has 0 bridgehead atoms. The number of aromatic nitrogens is 4. The van der Waals surface area contributed by atoms with E-state index in [9.17, 15) is 4.79 Å². The lowest BCUT2D eigenvalue weighted by molar-refractivity contribution is -0.122. The number of tetrazole rings is 1. The number of nitrogens with one attached hydrogen (secondary N) is 1. The number of hydrogen-bond acceptors (Lipinski definition) is 5. The SMILES string of the molecule is CCOc1ccc(-n2nnnc2CNC(=O)C(CC)c2ccccc2)cc1. The van der Waals surface area contributed by atoms with Crippen LogP contribution in [0.15, 0.2) is 54.6 Å². The molecule has 1 heterocycles. The molecule has 1 unspecified atom stereocenters. The third kappa shape index (κ3) is 4.49. The molecule has 140 valence electrons. The van der Waals surface area contributed by atoms with Gasteiger partial charge in [-0.25, -0.2) is 0 Å². The fourth-order valence-electron chi connectivity index (χ4n) is 2.91. The van der Waals surface area contributed by atoms with Crippen LogP contribution in [-0.4, -0.2) is 32.7 Å². The van der Waals surface area contributed by atoms with Gasteiger partial charge in [0.05, 0.1) is 24.8 Å². The molecule has 0 aliphatic rings. The van der Waals surface area contributed by atoms with Crippen molar-refractivity contribution in [2.75, 3.05) is 6.61 Å². The molecule has 1 amide bonds. The summed E-state index contributed by atoms with van der Waals surface area (Å²) in [5.41, 5.74) is 1.81. The first-order chi connectivity index (χ1) is 13.2. The summed E-state index contributed by atoms with van der Waals surface area (Å²) in [4.78, 5) is 12.6. The summed E-state index contributed by atoms with van der Waals surface area (Å²) < 4.78 is 7.06. The molecule has 0 aliphatic carbocycles. The first-order valence-corrected chi connectivity index (χ1v) is 9.06. The van der Waals surface area contributed by atoms with Crippen LogP contribution in [0.4, 0.5) is 0 Å². The Hall–Kier alpha value is -3.22. The van der Waals surface area contributed by atoms with E-state index in [0.29, 0.717) is 12.4 Å². The molecule has 3 rings (SSSR count). The lowest BCUT2D eigenvalue weighted by Gasteiger charge is -2.15. The van der Waals surface area contributed by atoms with E-state index in [2.05, 4.69) is 20.8 Å². The maximum absolute atomic E-state index is 12.6. The molecule has 27 heavy (non-hydrogen) atoms. The Morgan fingerprint density at radius 3 is 2.52 bits per heavy atom. The number of carbonyl (C=O) groups excluding carboxylic acids is 1. The Morgan fingerprint density at radius 1 is 1.11 bits per heavy atom. The molecular formula is C20H23N5O2. The van der Waals surface area contributed by atoms with E-state index in [0.717, 1.165) is 23.4 Å². The zero-order valence-electron chi connectivity index (χ0n) is 15.5. The summed E-state index contributed by atoms with van der Waals surface area (Å²) in [5.74, 6) is 1.12. The van der Waals surface area contributed by atoms with Crippen molar-refractivity contribution >= 4 is 5.91 Å². The van der Waals surface area contributed by atoms with Crippen molar-refractivity contribution in [2.24, 2.45) is 0 Å². The molecule has 0 aliphatic heterocycles. The monoisotopic (exact) mass is 365 g/mol. The quantitative estimate of drug-likeness (QED) is 0.664. The van der Waals surface area contributed by atoms with Crippen LogP contribution in [-0.2, 0) is 11.3 Å². The maximum Gasteiger partial charge on any atom is 0.227 e. The molecule has 7 nitrogen and oxygen atoms in total. The van der Waals surface area contributed by atoms with Crippen molar-refractivity contribution in [1.29, 1.82) is 0 Å². The molecule has 0 saturated heterocycles. The summed E-state index contributed by atoms with van der Waals surface area (Å²) >= 11 is 0. The molecule has 1 N–H and O–H groups in total. The predicted octanol–water partition coefficient (Wildman–Crippen LogP) is 2.87. The van der Waals surface area contributed by atoms with Gasteiger partial charge in [0.1, 0.15) is 5.75 Å². The summed E-state index contributed by atoms with van der Waals surface area (Å²) in [6.45, 7) is 4.81. The maximum atomic E-state index is 12.6. The molecule has 0 radical (unpaired) electrons. The number of hydrogen-bond donors (Lipinski definition) is 1. The van der Waals surface area contributed by atoms with E-state index in [1.165, 1.54) is 0 Å². The van der Waals surface area contributed by atoms with Crippen molar-refractivity contribution in [3.8, 4) is 11.4 Å². The number of benzene rings is 2. The molecular weight excluding hydrogens is 342 g/mol. The van der Waals surface area contributed by atoms with Crippen LogP contribution in [0.1, 0.15) is 37.6 Å². The van der Waals surface area contributed by atoms with Crippen LogP contribution in [0.25, 0.3) is 5.69 Å². The Balaban J connectivity index is 1.68. The van der Waals surface area contributed by atoms with E-state index in [1.54, 1.807) is 4.68 Å². The van der Waals surface area contributed by atoms with Gasteiger partial charge in [0.25, 0.3) is 0 Å². The van der Waals surface area contributed by atoms with E-state index >= 15 is 0 Å². The minimum Gasteiger partial charge on any atom is -0.494 e. The third-order valence-electron chi connectivity index (χ3n) is 4.27. The van der Waals surface area contributed by atoms with Crippen molar-refractivity contribution < 1.29 is 9.53 Å². The van der Waals surface area contributed by atoms with Gasteiger partial charge in [0.2, 0.25) is 5.91 Å². The van der Waals surface area contributed by atoms with Gasteiger partial charge in [-0.05, 0) is 53.6 Å². The van der Waals surface area contributed by atoms with E-state index in [-0.39, 0.29) is 18.4 Å². The van der Waals surface area contributed by atoms with Crippen LogP contribution in [0.2, 0.25) is 0 Å². The van der Waals surface area contributed by atoms with Crippen LogP contribution in [0.5, 0.6) is 5.75 Å². The van der Waals surface area contributed by atoms with Gasteiger partial charge in [-0.3, -0.25) is 4.79 Å². The Morgan fingerprint density at radius 2 is 1.85 bits per heavy atom.